The van der Waals surface area contributed by atoms with Gasteiger partial charge < -0.3 is 9.84 Å². The van der Waals surface area contributed by atoms with Crippen LogP contribution in [0.5, 0.6) is 0 Å². The van der Waals surface area contributed by atoms with Gasteiger partial charge in [-0.05, 0) is 44.1 Å². The zero-order valence-corrected chi connectivity index (χ0v) is 14.8. The summed E-state index contributed by atoms with van der Waals surface area (Å²) in [6.07, 6.45) is 1.67. The van der Waals surface area contributed by atoms with E-state index in [1.165, 1.54) is 0 Å². The van der Waals surface area contributed by atoms with E-state index < -0.39 is 0 Å². The highest BCUT2D eigenvalue weighted by Gasteiger charge is 2.25. The normalized spacial score (nSPS) is 16.3. The number of amides is 1. The fourth-order valence-corrected chi connectivity index (χ4v) is 3.34. The molecule has 24 heavy (non-hydrogen) atoms. The second-order valence-corrected chi connectivity index (χ2v) is 6.64. The van der Waals surface area contributed by atoms with E-state index in [4.69, 9.17) is 27.7 Å². The number of hydrogen-bond acceptors (Lipinski definition) is 5. The lowest BCUT2D eigenvalue weighted by molar-refractivity contribution is -0.125. The highest BCUT2D eigenvalue weighted by atomic mass is 35.5. The van der Waals surface area contributed by atoms with Crippen LogP contribution in [0.2, 0.25) is 10.0 Å². The summed E-state index contributed by atoms with van der Waals surface area (Å²) in [5.41, 5.74) is 0.689. The van der Waals surface area contributed by atoms with Crippen molar-refractivity contribution in [1.82, 2.24) is 20.4 Å². The van der Waals surface area contributed by atoms with Gasteiger partial charge in [-0.2, -0.15) is 4.98 Å². The second-order valence-electron chi connectivity index (χ2n) is 5.80. The van der Waals surface area contributed by atoms with Crippen LogP contribution in [-0.2, 0) is 11.3 Å². The van der Waals surface area contributed by atoms with Crippen LogP contribution in [-0.4, -0.2) is 41.1 Å². The van der Waals surface area contributed by atoms with Gasteiger partial charge in [-0.1, -0.05) is 28.4 Å². The van der Waals surface area contributed by atoms with E-state index in [1.54, 1.807) is 25.2 Å². The van der Waals surface area contributed by atoms with Crippen molar-refractivity contribution in [3.8, 4) is 11.4 Å². The van der Waals surface area contributed by atoms with Crippen LogP contribution >= 0.6 is 23.2 Å². The third kappa shape index (κ3) is 3.88. The number of rotatable bonds is 4. The molecule has 0 spiro atoms. The van der Waals surface area contributed by atoms with Crippen LogP contribution in [0.1, 0.15) is 18.7 Å². The van der Waals surface area contributed by atoms with Gasteiger partial charge in [-0.15, -0.1) is 0 Å². The second kappa shape index (κ2) is 7.51. The standard InChI is InChI=1S/C16H18Cl2N4O2/c1-19-16(23)10-4-6-22(7-5-10)9-14-20-15(21-24-14)12-3-2-11(17)8-13(12)18/h2-3,8,10H,4-7,9H2,1H3,(H,19,23). The van der Waals surface area contributed by atoms with Gasteiger partial charge in [0.2, 0.25) is 17.6 Å². The number of benzene rings is 1. The zero-order valence-electron chi connectivity index (χ0n) is 13.3. The summed E-state index contributed by atoms with van der Waals surface area (Å²) in [6, 6.07) is 5.16. The van der Waals surface area contributed by atoms with E-state index in [2.05, 4.69) is 20.4 Å². The Morgan fingerprint density at radius 2 is 2.12 bits per heavy atom. The fraction of sp³-hybridized carbons (Fsp3) is 0.438. The molecule has 3 rings (SSSR count). The summed E-state index contributed by atoms with van der Waals surface area (Å²) in [6.45, 7) is 2.23. The van der Waals surface area contributed by atoms with Crippen molar-refractivity contribution in [2.45, 2.75) is 19.4 Å². The van der Waals surface area contributed by atoms with E-state index in [0.717, 1.165) is 25.9 Å². The van der Waals surface area contributed by atoms with Gasteiger partial charge in [0.1, 0.15) is 0 Å². The van der Waals surface area contributed by atoms with Crippen molar-refractivity contribution in [2.24, 2.45) is 5.92 Å². The maximum Gasteiger partial charge on any atom is 0.241 e. The number of piperidine rings is 1. The molecule has 1 fully saturated rings. The minimum absolute atomic E-state index is 0.0948. The zero-order chi connectivity index (χ0) is 17.1. The monoisotopic (exact) mass is 368 g/mol. The summed E-state index contributed by atoms with van der Waals surface area (Å²) < 4.78 is 5.33. The molecule has 6 nitrogen and oxygen atoms in total. The van der Waals surface area contributed by atoms with Crippen LogP contribution < -0.4 is 5.32 Å². The molecule has 0 unspecified atom stereocenters. The average molecular weight is 369 g/mol. The van der Waals surface area contributed by atoms with Gasteiger partial charge in [-0.25, -0.2) is 0 Å². The molecule has 1 saturated heterocycles. The van der Waals surface area contributed by atoms with E-state index in [1.807, 2.05) is 0 Å². The molecule has 2 heterocycles. The van der Waals surface area contributed by atoms with Gasteiger partial charge in [0.05, 0.1) is 11.6 Å². The third-order valence-electron chi connectivity index (χ3n) is 4.20. The number of aromatic nitrogens is 2. The first-order valence-corrected chi connectivity index (χ1v) is 8.54. The maximum absolute atomic E-state index is 11.7. The van der Waals surface area contributed by atoms with Gasteiger partial charge in [0, 0.05) is 23.6 Å². The predicted octanol–water partition coefficient (Wildman–Crippen LogP) is 3.00. The Morgan fingerprint density at radius 1 is 1.38 bits per heavy atom. The van der Waals surface area contributed by atoms with Crippen LogP contribution in [0.25, 0.3) is 11.4 Å². The molecule has 1 aromatic heterocycles. The molecule has 0 atom stereocenters. The predicted molar refractivity (Wildman–Crippen MR) is 91.8 cm³/mol. The number of nitrogens with one attached hydrogen (secondary N) is 1. The molecular weight excluding hydrogens is 351 g/mol. The molecule has 0 saturated carbocycles. The summed E-state index contributed by atoms with van der Waals surface area (Å²) in [4.78, 5) is 18.3. The lowest BCUT2D eigenvalue weighted by Gasteiger charge is -2.29. The summed E-state index contributed by atoms with van der Waals surface area (Å²) >= 11 is 12.1. The Balaban J connectivity index is 1.62. The molecule has 1 N–H and O–H groups in total. The van der Waals surface area contributed by atoms with Crippen molar-refractivity contribution in [2.75, 3.05) is 20.1 Å². The number of halogens is 2. The topological polar surface area (TPSA) is 71.3 Å². The lowest BCUT2D eigenvalue weighted by Crippen LogP contribution is -2.39. The molecule has 0 bridgehead atoms. The first-order valence-electron chi connectivity index (χ1n) is 7.79. The van der Waals surface area contributed by atoms with Gasteiger partial charge >= 0.3 is 0 Å². The average Bonchev–Trinajstić information content (AvgIpc) is 3.03. The molecule has 1 amide bonds. The minimum atomic E-state index is 0.0948. The Labute approximate surface area is 150 Å². The van der Waals surface area contributed by atoms with Gasteiger partial charge in [0.25, 0.3) is 0 Å². The number of carbonyl (C=O) groups excluding carboxylic acids is 1. The molecule has 0 aliphatic carbocycles. The van der Waals surface area contributed by atoms with Gasteiger partial charge in [0.15, 0.2) is 0 Å². The molecular formula is C16H18Cl2N4O2. The number of likely N-dealkylation sites (tertiary alicyclic amines) is 1. The van der Waals surface area contributed by atoms with Crippen LogP contribution in [0, 0.1) is 5.92 Å². The van der Waals surface area contributed by atoms with Crippen LogP contribution in [0.3, 0.4) is 0 Å². The van der Waals surface area contributed by atoms with Gasteiger partial charge in [-0.3, -0.25) is 9.69 Å². The third-order valence-corrected chi connectivity index (χ3v) is 4.75. The quantitative estimate of drug-likeness (QED) is 0.897. The highest BCUT2D eigenvalue weighted by molar-refractivity contribution is 6.36. The molecule has 1 aliphatic rings. The number of nitrogens with zero attached hydrogens (tertiary/aromatic N) is 3. The lowest BCUT2D eigenvalue weighted by atomic mass is 9.96. The Kier molecular flexibility index (Phi) is 5.38. The largest absolute Gasteiger partial charge is 0.359 e. The smallest absolute Gasteiger partial charge is 0.241 e. The molecule has 1 aromatic carbocycles. The van der Waals surface area contributed by atoms with E-state index in [9.17, 15) is 4.79 Å². The minimum Gasteiger partial charge on any atom is -0.359 e. The summed E-state index contributed by atoms with van der Waals surface area (Å²) in [5, 5.41) is 7.75. The molecule has 2 aromatic rings. The SMILES string of the molecule is CNC(=O)C1CCN(Cc2nc(-c3ccc(Cl)cc3Cl)no2)CC1. The first-order chi connectivity index (χ1) is 11.6. The highest BCUT2D eigenvalue weighted by Crippen LogP contribution is 2.28. The first kappa shape index (κ1) is 17.2. The Hall–Kier alpha value is -1.63. The van der Waals surface area contributed by atoms with E-state index in [-0.39, 0.29) is 11.8 Å². The van der Waals surface area contributed by atoms with Crippen molar-refractivity contribution >= 4 is 29.1 Å². The van der Waals surface area contributed by atoms with Crippen molar-refractivity contribution in [1.29, 1.82) is 0 Å². The summed E-state index contributed by atoms with van der Waals surface area (Å²) in [7, 11) is 1.68. The molecule has 1 aliphatic heterocycles. The van der Waals surface area contributed by atoms with E-state index >= 15 is 0 Å². The fourth-order valence-electron chi connectivity index (χ4n) is 2.85. The molecule has 0 radical (unpaired) electrons. The van der Waals surface area contributed by atoms with Crippen molar-refractivity contribution in [3.63, 3.8) is 0 Å². The molecule has 128 valence electrons. The van der Waals surface area contributed by atoms with Crippen molar-refractivity contribution < 1.29 is 9.32 Å². The Bertz CT molecular complexity index is 727. The molecule has 8 heteroatoms. The number of hydrogen-bond donors (Lipinski definition) is 1. The van der Waals surface area contributed by atoms with E-state index in [0.29, 0.717) is 33.9 Å². The van der Waals surface area contributed by atoms with Crippen LogP contribution in [0.4, 0.5) is 0 Å². The number of carbonyl (C=O) groups is 1. The Morgan fingerprint density at radius 3 is 2.79 bits per heavy atom. The summed E-state index contributed by atoms with van der Waals surface area (Å²) in [5.74, 6) is 1.20. The van der Waals surface area contributed by atoms with Crippen LogP contribution in [0.15, 0.2) is 22.7 Å². The van der Waals surface area contributed by atoms with Crippen molar-refractivity contribution in [3.05, 3.63) is 34.1 Å². The maximum atomic E-state index is 11.7.